The zero-order valence-electron chi connectivity index (χ0n) is 13.4. The number of carbonyl (C=O) groups is 2. The van der Waals surface area contributed by atoms with Crippen LogP contribution in [0.1, 0.15) is 11.6 Å². The van der Waals surface area contributed by atoms with Crippen molar-refractivity contribution in [2.24, 2.45) is 0 Å². The molecule has 23 heavy (non-hydrogen) atoms. The van der Waals surface area contributed by atoms with Gasteiger partial charge in [0.25, 0.3) is 5.91 Å². The zero-order valence-corrected chi connectivity index (χ0v) is 13.4. The van der Waals surface area contributed by atoms with E-state index in [4.69, 9.17) is 4.74 Å². The summed E-state index contributed by atoms with van der Waals surface area (Å²) in [6, 6.07) is 9.02. The molecule has 1 fully saturated rings. The second-order valence-electron chi connectivity index (χ2n) is 5.41. The third kappa shape index (κ3) is 3.68. The van der Waals surface area contributed by atoms with Gasteiger partial charge in [-0.15, -0.1) is 13.2 Å². The minimum atomic E-state index is -0.736. The van der Waals surface area contributed by atoms with E-state index in [9.17, 15) is 9.59 Å². The summed E-state index contributed by atoms with van der Waals surface area (Å²) in [5.41, 5.74) is 0.874. The summed E-state index contributed by atoms with van der Waals surface area (Å²) in [5.74, 6) is -0.306. The summed E-state index contributed by atoms with van der Waals surface area (Å²) < 4.78 is 5.61. The Morgan fingerprint density at radius 2 is 1.91 bits per heavy atom. The third-order valence-electron chi connectivity index (χ3n) is 3.88. The lowest BCUT2D eigenvalue weighted by Gasteiger charge is -2.40. The Labute approximate surface area is 136 Å². The van der Waals surface area contributed by atoms with Crippen LogP contribution in [-0.4, -0.2) is 54.5 Å². The number of nitrogens with zero attached hydrogens (tertiary/aromatic N) is 2. The van der Waals surface area contributed by atoms with Gasteiger partial charge in [0.2, 0.25) is 5.91 Å². The summed E-state index contributed by atoms with van der Waals surface area (Å²) in [5, 5.41) is 0. The minimum Gasteiger partial charge on any atom is -0.356 e. The molecule has 5 heteroatoms. The Balaban J connectivity index is 2.33. The molecule has 2 rings (SSSR count). The first kappa shape index (κ1) is 17.0. The highest BCUT2D eigenvalue weighted by atomic mass is 16.5. The highest BCUT2D eigenvalue weighted by Crippen LogP contribution is 2.30. The fourth-order valence-electron chi connectivity index (χ4n) is 2.71. The van der Waals surface area contributed by atoms with E-state index in [-0.39, 0.29) is 18.4 Å². The van der Waals surface area contributed by atoms with Crippen molar-refractivity contribution in [3.05, 3.63) is 61.2 Å². The van der Waals surface area contributed by atoms with Crippen molar-refractivity contribution < 1.29 is 14.3 Å². The van der Waals surface area contributed by atoms with Crippen LogP contribution in [0.2, 0.25) is 0 Å². The van der Waals surface area contributed by atoms with Crippen molar-refractivity contribution in [3.63, 3.8) is 0 Å². The van der Waals surface area contributed by atoms with Gasteiger partial charge in [-0.05, 0) is 5.56 Å². The number of hydrogen-bond donors (Lipinski definition) is 0. The molecule has 0 aliphatic carbocycles. The largest absolute Gasteiger partial charge is 0.356 e. The lowest BCUT2D eigenvalue weighted by molar-refractivity contribution is -0.166. The molecule has 1 aromatic carbocycles. The number of ether oxygens (including phenoxy) is 1. The van der Waals surface area contributed by atoms with Crippen LogP contribution < -0.4 is 0 Å². The number of carbonyl (C=O) groups excluding carboxylic acids is 2. The van der Waals surface area contributed by atoms with E-state index in [1.165, 1.54) is 0 Å². The van der Waals surface area contributed by atoms with Gasteiger partial charge in [-0.2, -0.15) is 0 Å². The Kier molecular flexibility index (Phi) is 5.71. The maximum absolute atomic E-state index is 12.9. The highest BCUT2D eigenvalue weighted by molar-refractivity contribution is 5.86. The first-order chi connectivity index (χ1) is 11.1. The van der Waals surface area contributed by atoms with Crippen molar-refractivity contribution in [3.8, 4) is 0 Å². The molecule has 1 aliphatic heterocycles. The molecule has 1 aromatic rings. The summed E-state index contributed by atoms with van der Waals surface area (Å²) in [6.07, 6.45) is 2.59. The van der Waals surface area contributed by atoms with Gasteiger partial charge in [-0.25, -0.2) is 0 Å². The topological polar surface area (TPSA) is 49.9 Å². The molecular formula is C18H22N2O3. The second-order valence-corrected chi connectivity index (χ2v) is 5.41. The molecule has 0 bridgehead atoms. The maximum atomic E-state index is 12.9. The first-order valence-electron chi connectivity index (χ1n) is 7.53. The molecule has 5 nitrogen and oxygen atoms in total. The smallest absolute Gasteiger partial charge is 0.254 e. The standard InChI is InChI=1S/C18H22N2O3/c1-4-11-20(12-5-2)18(22)17-16(14-9-7-6-8-10-14)19(3)15(21)13-23-17/h4-10,16-17H,1-2,11-13H2,3H3/t16-,17+/m0/s1. The maximum Gasteiger partial charge on any atom is 0.254 e. The number of likely N-dealkylation sites (N-methyl/N-ethyl adjacent to an activating group) is 1. The van der Waals surface area contributed by atoms with E-state index in [2.05, 4.69) is 13.2 Å². The van der Waals surface area contributed by atoms with Crippen molar-refractivity contribution in [1.82, 2.24) is 9.80 Å². The quantitative estimate of drug-likeness (QED) is 0.752. The molecular weight excluding hydrogens is 292 g/mol. The average Bonchev–Trinajstić information content (AvgIpc) is 2.57. The molecule has 0 radical (unpaired) electrons. The van der Waals surface area contributed by atoms with Crippen LogP contribution in [-0.2, 0) is 14.3 Å². The number of hydrogen-bond acceptors (Lipinski definition) is 3. The van der Waals surface area contributed by atoms with Crippen LogP contribution in [0.15, 0.2) is 55.6 Å². The Hall–Kier alpha value is -2.40. The van der Waals surface area contributed by atoms with Crippen LogP contribution in [0.4, 0.5) is 0 Å². The van der Waals surface area contributed by atoms with Gasteiger partial charge in [-0.1, -0.05) is 42.5 Å². The van der Waals surface area contributed by atoms with E-state index < -0.39 is 12.1 Å². The Morgan fingerprint density at radius 1 is 1.30 bits per heavy atom. The summed E-state index contributed by atoms with van der Waals surface area (Å²) >= 11 is 0. The SMILES string of the molecule is C=CCN(CC=C)C(=O)[C@@H]1OCC(=O)N(C)[C@H]1c1ccccc1. The predicted molar refractivity (Wildman–Crippen MR) is 88.7 cm³/mol. The normalized spacial score (nSPS) is 20.9. The number of amides is 2. The van der Waals surface area contributed by atoms with Gasteiger partial charge in [-0.3, -0.25) is 9.59 Å². The monoisotopic (exact) mass is 314 g/mol. The van der Waals surface area contributed by atoms with Gasteiger partial charge in [0, 0.05) is 20.1 Å². The predicted octanol–water partition coefficient (Wildman–Crippen LogP) is 1.79. The van der Waals surface area contributed by atoms with E-state index in [0.717, 1.165) is 5.56 Å². The molecule has 1 heterocycles. The number of benzene rings is 1. The molecule has 1 saturated heterocycles. The molecule has 0 saturated carbocycles. The van der Waals surface area contributed by atoms with E-state index >= 15 is 0 Å². The summed E-state index contributed by atoms with van der Waals surface area (Å²) in [6.45, 7) is 8.08. The molecule has 2 amide bonds. The molecule has 0 N–H and O–H groups in total. The van der Waals surface area contributed by atoms with E-state index in [1.807, 2.05) is 30.3 Å². The van der Waals surface area contributed by atoms with Crippen molar-refractivity contribution in [1.29, 1.82) is 0 Å². The second kappa shape index (κ2) is 7.74. The lowest BCUT2D eigenvalue weighted by Crippen LogP contribution is -2.54. The number of rotatable bonds is 6. The fraction of sp³-hybridized carbons (Fsp3) is 0.333. The van der Waals surface area contributed by atoms with Crippen LogP contribution in [0.3, 0.4) is 0 Å². The van der Waals surface area contributed by atoms with Gasteiger partial charge in [0.05, 0.1) is 6.04 Å². The van der Waals surface area contributed by atoms with Crippen LogP contribution >= 0.6 is 0 Å². The molecule has 122 valence electrons. The molecule has 1 aliphatic rings. The van der Waals surface area contributed by atoms with Crippen LogP contribution in [0.25, 0.3) is 0 Å². The lowest BCUT2D eigenvalue weighted by atomic mass is 9.97. The first-order valence-corrected chi connectivity index (χ1v) is 7.53. The van der Waals surface area contributed by atoms with Crippen molar-refractivity contribution >= 4 is 11.8 Å². The van der Waals surface area contributed by atoms with E-state index in [0.29, 0.717) is 13.1 Å². The average molecular weight is 314 g/mol. The highest BCUT2D eigenvalue weighted by Gasteiger charge is 2.41. The zero-order chi connectivity index (χ0) is 16.8. The molecule has 0 spiro atoms. The summed E-state index contributed by atoms with van der Waals surface area (Å²) in [4.78, 5) is 28.1. The Morgan fingerprint density at radius 3 is 2.48 bits per heavy atom. The minimum absolute atomic E-state index is 0.0910. The van der Waals surface area contributed by atoms with Gasteiger partial charge in [0.15, 0.2) is 6.10 Å². The van der Waals surface area contributed by atoms with Crippen molar-refractivity contribution in [2.75, 3.05) is 26.7 Å². The van der Waals surface area contributed by atoms with Crippen molar-refractivity contribution in [2.45, 2.75) is 12.1 Å². The molecule has 0 unspecified atom stereocenters. The van der Waals surface area contributed by atoms with Gasteiger partial charge >= 0.3 is 0 Å². The van der Waals surface area contributed by atoms with E-state index in [1.54, 1.807) is 29.0 Å². The van der Waals surface area contributed by atoms with Gasteiger partial charge in [0.1, 0.15) is 6.61 Å². The van der Waals surface area contributed by atoms with Crippen LogP contribution in [0, 0.1) is 0 Å². The molecule has 0 aromatic heterocycles. The fourth-order valence-corrected chi connectivity index (χ4v) is 2.71. The number of morpholine rings is 1. The molecule has 2 atom stereocenters. The van der Waals surface area contributed by atoms with Gasteiger partial charge < -0.3 is 14.5 Å². The van der Waals surface area contributed by atoms with Crippen LogP contribution in [0.5, 0.6) is 0 Å². The summed E-state index contributed by atoms with van der Waals surface area (Å²) in [7, 11) is 1.70. The Bertz CT molecular complexity index is 575. The third-order valence-corrected chi connectivity index (χ3v) is 3.88.